The van der Waals surface area contributed by atoms with Gasteiger partial charge in [0.05, 0.1) is 22.1 Å². The molecule has 0 radical (unpaired) electrons. The van der Waals surface area contributed by atoms with Gasteiger partial charge in [0.2, 0.25) is 5.91 Å². The summed E-state index contributed by atoms with van der Waals surface area (Å²) in [7, 11) is 0. The third-order valence-electron chi connectivity index (χ3n) is 5.36. The van der Waals surface area contributed by atoms with Crippen molar-refractivity contribution in [1.82, 2.24) is 4.98 Å². The summed E-state index contributed by atoms with van der Waals surface area (Å²) in [6.45, 7) is 2.07. The van der Waals surface area contributed by atoms with E-state index in [1.54, 1.807) is 11.3 Å². The van der Waals surface area contributed by atoms with Gasteiger partial charge in [0.15, 0.2) is 0 Å². The summed E-state index contributed by atoms with van der Waals surface area (Å²) in [6.07, 6.45) is 2.98. The largest absolute Gasteiger partial charge is 0.481 e. The molecule has 6 heteroatoms. The summed E-state index contributed by atoms with van der Waals surface area (Å²) >= 11 is 1.65. The first-order valence-electron chi connectivity index (χ1n) is 9.52. The average molecular weight is 394 g/mol. The normalized spacial score (nSPS) is 19.5. The van der Waals surface area contributed by atoms with Gasteiger partial charge in [-0.25, -0.2) is 4.98 Å². The standard InChI is InChI=1S/C22H22N2O3S/c1-13-6-11-18-19(12-13)28-21(24-18)14-7-9-15(10-8-14)23-20(25)16-4-2-3-5-17(16)22(26)27/h6-12,16-17H,2-5H2,1H3,(H,23,25)(H,26,27)/t16-,17+/m0/s1. The van der Waals surface area contributed by atoms with Crippen LogP contribution in [-0.4, -0.2) is 22.0 Å². The van der Waals surface area contributed by atoms with Gasteiger partial charge in [-0.3, -0.25) is 9.59 Å². The van der Waals surface area contributed by atoms with Crippen molar-refractivity contribution in [2.75, 3.05) is 5.32 Å². The Morgan fingerprint density at radius 1 is 1.07 bits per heavy atom. The molecule has 2 N–H and O–H groups in total. The maximum atomic E-state index is 12.6. The van der Waals surface area contributed by atoms with Crippen LogP contribution in [0.5, 0.6) is 0 Å². The highest BCUT2D eigenvalue weighted by Crippen LogP contribution is 2.33. The zero-order chi connectivity index (χ0) is 19.7. The predicted molar refractivity (Wildman–Crippen MR) is 112 cm³/mol. The third-order valence-corrected chi connectivity index (χ3v) is 6.43. The monoisotopic (exact) mass is 394 g/mol. The fourth-order valence-corrected chi connectivity index (χ4v) is 4.90. The molecule has 1 aromatic heterocycles. The van der Waals surface area contributed by atoms with Gasteiger partial charge in [-0.1, -0.05) is 18.9 Å². The van der Waals surface area contributed by atoms with Crippen molar-refractivity contribution in [3.63, 3.8) is 0 Å². The summed E-state index contributed by atoms with van der Waals surface area (Å²) in [5.41, 5.74) is 3.88. The van der Waals surface area contributed by atoms with E-state index >= 15 is 0 Å². The number of benzene rings is 2. The van der Waals surface area contributed by atoms with Gasteiger partial charge in [-0.2, -0.15) is 0 Å². The van der Waals surface area contributed by atoms with E-state index in [1.165, 1.54) is 5.56 Å². The first-order chi connectivity index (χ1) is 13.5. The number of aryl methyl sites for hydroxylation is 1. The molecule has 1 saturated carbocycles. The molecular weight excluding hydrogens is 372 g/mol. The number of aromatic nitrogens is 1. The molecule has 4 rings (SSSR count). The molecule has 1 fully saturated rings. The SMILES string of the molecule is Cc1ccc2nc(-c3ccc(NC(=O)[C@H]4CCCC[C@H]4C(=O)O)cc3)sc2c1. The molecule has 1 aliphatic carbocycles. The number of hydrogen-bond acceptors (Lipinski definition) is 4. The Morgan fingerprint density at radius 3 is 2.50 bits per heavy atom. The van der Waals surface area contributed by atoms with Crippen molar-refractivity contribution >= 4 is 39.1 Å². The van der Waals surface area contributed by atoms with E-state index in [0.717, 1.165) is 33.6 Å². The number of thiazole rings is 1. The minimum absolute atomic E-state index is 0.199. The van der Waals surface area contributed by atoms with Gasteiger partial charge in [0, 0.05) is 11.3 Å². The minimum Gasteiger partial charge on any atom is -0.481 e. The van der Waals surface area contributed by atoms with Crippen molar-refractivity contribution < 1.29 is 14.7 Å². The second-order valence-electron chi connectivity index (χ2n) is 7.39. The quantitative estimate of drug-likeness (QED) is 0.645. The summed E-state index contributed by atoms with van der Waals surface area (Å²) < 4.78 is 1.16. The van der Waals surface area contributed by atoms with Crippen LogP contribution >= 0.6 is 11.3 Å². The van der Waals surface area contributed by atoms with Crippen LogP contribution in [0.25, 0.3) is 20.8 Å². The molecule has 28 heavy (non-hydrogen) atoms. The maximum Gasteiger partial charge on any atom is 0.307 e. The second-order valence-corrected chi connectivity index (χ2v) is 8.42. The van der Waals surface area contributed by atoms with Crippen molar-refractivity contribution in [3.8, 4) is 10.6 Å². The number of fused-ring (bicyclic) bond motifs is 1. The summed E-state index contributed by atoms with van der Waals surface area (Å²) in [5, 5.41) is 13.2. The predicted octanol–water partition coefficient (Wildman–Crippen LogP) is 5.10. The van der Waals surface area contributed by atoms with E-state index in [-0.39, 0.29) is 5.91 Å². The van der Waals surface area contributed by atoms with Gasteiger partial charge in [-0.05, 0) is 61.7 Å². The first kappa shape index (κ1) is 18.6. The zero-order valence-electron chi connectivity index (χ0n) is 15.6. The fraction of sp³-hybridized carbons (Fsp3) is 0.318. The van der Waals surface area contributed by atoms with Crippen molar-refractivity contribution in [1.29, 1.82) is 0 Å². The Hall–Kier alpha value is -2.73. The number of carboxylic acids is 1. The van der Waals surface area contributed by atoms with Crippen LogP contribution in [0, 0.1) is 18.8 Å². The molecule has 5 nitrogen and oxygen atoms in total. The highest BCUT2D eigenvalue weighted by molar-refractivity contribution is 7.21. The molecule has 0 unspecified atom stereocenters. The topological polar surface area (TPSA) is 79.3 Å². The van der Waals surface area contributed by atoms with Gasteiger partial charge < -0.3 is 10.4 Å². The van der Waals surface area contributed by atoms with Gasteiger partial charge in [0.25, 0.3) is 0 Å². The lowest BCUT2D eigenvalue weighted by Gasteiger charge is -2.27. The maximum absolute atomic E-state index is 12.6. The molecular formula is C22H22N2O3S. The molecule has 2 aromatic carbocycles. The second kappa shape index (κ2) is 7.72. The lowest BCUT2D eigenvalue weighted by molar-refractivity contribution is -0.147. The van der Waals surface area contributed by atoms with Crippen LogP contribution < -0.4 is 5.32 Å². The Kier molecular flexibility index (Phi) is 5.13. The molecule has 1 heterocycles. The summed E-state index contributed by atoms with van der Waals surface area (Å²) in [6, 6.07) is 13.8. The summed E-state index contributed by atoms with van der Waals surface area (Å²) in [4.78, 5) is 28.7. The first-order valence-corrected chi connectivity index (χ1v) is 10.3. The number of nitrogens with one attached hydrogen (secondary N) is 1. The number of anilines is 1. The van der Waals surface area contributed by atoms with E-state index in [1.807, 2.05) is 30.3 Å². The fourth-order valence-electron chi connectivity index (χ4n) is 3.83. The van der Waals surface area contributed by atoms with Crippen LogP contribution in [0.1, 0.15) is 31.2 Å². The number of carbonyl (C=O) groups is 2. The van der Waals surface area contributed by atoms with Gasteiger partial charge >= 0.3 is 5.97 Å². The van der Waals surface area contributed by atoms with Crippen LogP contribution in [0.2, 0.25) is 0 Å². The lowest BCUT2D eigenvalue weighted by atomic mass is 9.78. The third kappa shape index (κ3) is 3.78. The number of hydrogen-bond donors (Lipinski definition) is 2. The van der Waals surface area contributed by atoms with Crippen LogP contribution in [0.15, 0.2) is 42.5 Å². The summed E-state index contributed by atoms with van der Waals surface area (Å²) in [5.74, 6) is -2.12. The van der Waals surface area contributed by atoms with Crippen LogP contribution in [-0.2, 0) is 9.59 Å². The number of aliphatic carboxylic acids is 1. The number of carboxylic acid groups (broad SMARTS) is 1. The molecule has 1 amide bonds. The Labute approximate surface area is 167 Å². The Balaban J connectivity index is 1.49. The molecule has 1 aliphatic rings. The van der Waals surface area contributed by atoms with Crippen LogP contribution in [0.3, 0.4) is 0 Å². The van der Waals surface area contributed by atoms with Crippen molar-refractivity contribution in [3.05, 3.63) is 48.0 Å². The van der Waals surface area contributed by atoms with E-state index in [0.29, 0.717) is 18.5 Å². The lowest BCUT2D eigenvalue weighted by Crippen LogP contribution is -2.36. The van der Waals surface area contributed by atoms with Gasteiger partial charge in [-0.15, -0.1) is 11.3 Å². The number of amides is 1. The van der Waals surface area contributed by atoms with E-state index < -0.39 is 17.8 Å². The van der Waals surface area contributed by atoms with Crippen molar-refractivity contribution in [2.45, 2.75) is 32.6 Å². The van der Waals surface area contributed by atoms with E-state index in [2.05, 4.69) is 29.4 Å². The molecule has 2 atom stereocenters. The van der Waals surface area contributed by atoms with E-state index in [4.69, 9.17) is 0 Å². The minimum atomic E-state index is -0.874. The molecule has 0 bridgehead atoms. The number of rotatable bonds is 4. The highest BCUT2D eigenvalue weighted by atomic mass is 32.1. The molecule has 0 saturated heterocycles. The van der Waals surface area contributed by atoms with Crippen LogP contribution in [0.4, 0.5) is 5.69 Å². The Morgan fingerprint density at radius 2 is 1.79 bits per heavy atom. The van der Waals surface area contributed by atoms with Gasteiger partial charge in [0.1, 0.15) is 5.01 Å². The van der Waals surface area contributed by atoms with Crippen molar-refractivity contribution in [2.24, 2.45) is 11.8 Å². The number of nitrogens with zero attached hydrogens (tertiary/aromatic N) is 1. The average Bonchev–Trinajstić information content (AvgIpc) is 3.11. The highest BCUT2D eigenvalue weighted by Gasteiger charge is 2.35. The van der Waals surface area contributed by atoms with E-state index in [9.17, 15) is 14.7 Å². The molecule has 0 aliphatic heterocycles. The smallest absolute Gasteiger partial charge is 0.307 e. The molecule has 0 spiro atoms. The molecule has 144 valence electrons. The zero-order valence-corrected chi connectivity index (χ0v) is 16.5. The Bertz CT molecular complexity index is 1030. The number of carbonyl (C=O) groups excluding carboxylic acids is 1. The molecule has 3 aromatic rings.